The highest BCUT2D eigenvalue weighted by atomic mass is 16.2. The number of rotatable bonds is 7. The van der Waals surface area contributed by atoms with E-state index in [-0.39, 0.29) is 23.9 Å². The number of amides is 2. The first-order chi connectivity index (χ1) is 7.85. The van der Waals surface area contributed by atoms with Gasteiger partial charge in [0, 0.05) is 25.0 Å². The average Bonchev–Trinajstić information content (AvgIpc) is 2.21. The van der Waals surface area contributed by atoms with Crippen LogP contribution in [-0.4, -0.2) is 37.0 Å². The van der Waals surface area contributed by atoms with Gasteiger partial charge < -0.3 is 16.0 Å². The Morgan fingerprint density at radius 3 is 2.18 bits per heavy atom. The van der Waals surface area contributed by atoms with Crippen molar-refractivity contribution >= 4 is 11.8 Å². The lowest BCUT2D eigenvalue weighted by molar-refractivity contribution is -0.126. The molecule has 0 radical (unpaired) electrons. The predicted molar refractivity (Wildman–Crippen MR) is 68.7 cm³/mol. The molecule has 0 aromatic carbocycles. The van der Waals surface area contributed by atoms with Crippen molar-refractivity contribution < 1.29 is 9.59 Å². The van der Waals surface area contributed by atoms with Crippen LogP contribution < -0.4 is 16.0 Å². The van der Waals surface area contributed by atoms with E-state index < -0.39 is 0 Å². The van der Waals surface area contributed by atoms with Crippen LogP contribution in [0.1, 0.15) is 40.5 Å². The maximum Gasteiger partial charge on any atom is 0.239 e. The average molecular weight is 243 g/mol. The molecule has 3 N–H and O–H groups in total. The third-order valence-corrected chi connectivity index (χ3v) is 2.03. The van der Waals surface area contributed by atoms with Crippen LogP contribution in [0.5, 0.6) is 0 Å². The molecule has 0 aliphatic rings. The lowest BCUT2D eigenvalue weighted by atomic mass is 10.1. The monoisotopic (exact) mass is 243 g/mol. The van der Waals surface area contributed by atoms with Crippen molar-refractivity contribution in [1.82, 2.24) is 16.0 Å². The van der Waals surface area contributed by atoms with Crippen LogP contribution in [0.4, 0.5) is 0 Å². The molecule has 2 amide bonds. The van der Waals surface area contributed by atoms with E-state index in [1.165, 1.54) is 0 Å². The third-order valence-electron chi connectivity index (χ3n) is 2.03. The molecule has 0 rings (SSSR count). The quantitative estimate of drug-likeness (QED) is 0.606. The van der Waals surface area contributed by atoms with Gasteiger partial charge in [-0.2, -0.15) is 0 Å². The molecular formula is C12H25N3O2. The van der Waals surface area contributed by atoms with E-state index in [9.17, 15) is 9.59 Å². The molecule has 5 nitrogen and oxygen atoms in total. The van der Waals surface area contributed by atoms with Crippen LogP contribution in [0.3, 0.4) is 0 Å². The second-order valence-electron chi connectivity index (χ2n) is 5.05. The lowest BCUT2D eigenvalue weighted by Crippen LogP contribution is -2.40. The zero-order valence-corrected chi connectivity index (χ0v) is 11.4. The van der Waals surface area contributed by atoms with Gasteiger partial charge in [0.25, 0.3) is 0 Å². The fourth-order valence-corrected chi connectivity index (χ4v) is 1.15. The Hall–Kier alpha value is -1.10. The van der Waals surface area contributed by atoms with Gasteiger partial charge in [0.15, 0.2) is 0 Å². The van der Waals surface area contributed by atoms with Gasteiger partial charge in [0.05, 0.1) is 6.54 Å². The lowest BCUT2D eigenvalue weighted by Gasteiger charge is -2.20. The van der Waals surface area contributed by atoms with Gasteiger partial charge in [-0.15, -0.1) is 0 Å². The summed E-state index contributed by atoms with van der Waals surface area (Å²) in [6.45, 7) is 9.45. The van der Waals surface area contributed by atoms with Crippen LogP contribution in [0.15, 0.2) is 0 Å². The fraction of sp³-hybridized carbons (Fsp3) is 0.833. The predicted octanol–water partition coefficient (Wildman–Crippen LogP) is 0.407. The highest BCUT2D eigenvalue weighted by Gasteiger charge is 2.10. The first kappa shape index (κ1) is 15.9. The van der Waals surface area contributed by atoms with Crippen LogP contribution in [-0.2, 0) is 9.59 Å². The first-order valence-corrected chi connectivity index (χ1v) is 6.13. The maximum absolute atomic E-state index is 11.4. The van der Waals surface area contributed by atoms with E-state index in [1.807, 2.05) is 27.7 Å². The molecule has 0 aliphatic heterocycles. The molecule has 17 heavy (non-hydrogen) atoms. The van der Waals surface area contributed by atoms with Crippen molar-refractivity contribution in [3.8, 4) is 0 Å². The topological polar surface area (TPSA) is 70.2 Å². The van der Waals surface area contributed by atoms with Gasteiger partial charge in [-0.25, -0.2) is 0 Å². The van der Waals surface area contributed by atoms with Gasteiger partial charge in [0.2, 0.25) is 11.8 Å². The largest absolute Gasteiger partial charge is 0.355 e. The Bertz CT molecular complexity index is 247. The zero-order chi connectivity index (χ0) is 13.3. The molecule has 5 heteroatoms. The molecule has 0 fully saturated rings. The van der Waals surface area contributed by atoms with Crippen LogP contribution >= 0.6 is 0 Å². The van der Waals surface area contributed by atoms with Crippen molar-refractivity contribution in [3.63, 3.8) is 0 Å². The summed E-state index contributed by atoms with van der Waals surface area (Å²) in [6.07, 6.45) is 1.29. The van der Waals surface area contributed by atoms with Crippen molar-refractivity contribution in [3.05, 3.63) is 0 Å². The van der Waals surface area contributed by atoms with Crippen molar-refractivity contribution in [2.75, 3.05) is 19.6 Å². The van der Waals surface area contributed by atoms with E-state index >= 15 is 0 Å². The summed E-state index contributed by atoms with van der Waals surface area (Å²) in [5.41, 5.74) is 0.0127. The summed E-state index contributed by atoms with van der Waals surface area (Å²) in [4.78, 5) is 22.6. The summed E-state index contributed by atoms with van der Waals surface area (Å²) >= 11 is 0. The zero-order valence-electron chi connectivity index (χ0n) is 11.4. The minimum atomic E-state index is -0.135. The Morgan fingerprint density at radius 1 is 1.00 bits per heavy atom. The highest BCUT2D eigenvalue weighted by Crippen LogP contribution is 1.97. The second-order valence-corrected chi connectivity index (χ2v) is 5.05. The molecule has 0 aromatic heterocycles. The van der Waals surface area contributed by atoms with Gasteiger partial charge in [0.1, 0.15) is 0 Å². The number of hydrogen-bond donors (Lipinski definition) is 3. The Labute approximate surface area is 104 Å². The molecule has 0 aromatic rings. The summed E-state index contributed by atoms with van der Waals surface area (Å²) < 4.78 is 0. The molecule has 0 unspecified atom stereocenters. The SMILES string of the molecule is CCCNC(=O)CNC(=O)CCNC(C)(C)C. The Morgan fingerprint density at radius 2 is 1.65 bits per heavy atom. The smallest absolute Gasteiger partial charge is 0.239 e. The Balaban J connectivity index is 3.56. The van der Waals surface area contributed by atoms with Crippen LogP contribution in [0.2, 0.25) is 0 Å². The maximum atomic E-state index is 11.4. The standard InChI is InChI=1S/C12H25N3O2/c1-5-7-13-11(17)9-14-10(16)6-8-15-12(2,3)4/h15H,5-9H2,1-4H3,(H,13,17)(H,14,16). The van der Waals surface area contributed by atoms with Gasteiger partial charge >= 0.3 is 0 Å². The molecule has 0 atom stereocenters. The van der Waals surface area contributed by atoms with Crippen molar-refractivity contribution in [1.29, 1.82) is 0 Å². The number of carbonyl (C=O) groups is 2. The summed E-state index contributed by atoms with van der Waals surface area (Å²) in [6, 6.07) is 0. The number of carbonyl (C=O) groups excluding carboxylic acids is 2. The third kappa shape index (κ3) is 11.2. The summed E-state index contributed by atoms with van der Waals surface area (Å²) in [5, 5.41) is 8.50. The molecular weight excluding hydrogens is 218 g/mol. The van der Waals surface area contributed by atoms with Crippen LogP contribution in [0.25, 0.3) is 0 Å². The van der Waals surface area contributed by atoms with Gasteiger partial charge in [-0.05, 0) is 27.2 Å². The van der Waals surface area contributed by atoms with Crippen molar-refractivity contribution in [2.24, 2.45) is 0 Å². The molecule has 0 saturated carbocycles. The molecule has 0 heterocycles. The molecule has 0 saturated heterocycles. The second kappa shape index (κ2) is 8.06. The molecule has 0 aliphatic carbocycles. The first-order valence-electron chi connectivity index (χ1n) is 6.13. The normalized spacial score (nSPS) is 11.1. The van der Waals surface area contributed by atoms with E-state index in [1.54, 1.807) is 0 Å². The van der Waals surface area contributed by atoms with E-state index in [0.29, 0.717) is 19.5 Å². The van der Waals surface area contributed by atoms with Crippen molar-refractivity contribution in [2.45, 2.75) is 46.1 Å². The minimum absolute atomic E-state index is 0.0127. The fourth-order valence-electron chi connectivity index (χ4n) is 1.15. The molecule has 100 valence electrons. The highest BCUT2D eigenvalue weighted by molar-refractivity contribution is 5.84. The minimum Gasteiger partial charge on any atom is -0.355 e. The Kier molecular flexibility index (Phi) is 7.54. The summed E-state index contributed by atoms with van der Waals surface area (Å²) in [5.74, 6) is -0.239. The van der Waals surface area contributed by atoms with Crippen LogP contribution in [0, 0.1) is 0 Å². The van der Waals surface area contributed by atoms with E-state index in [0.717, 1.165) is 6.42 Å². The van der Waals surface area contributed by atoms with E-state index in [2.05, 4.69) is 16.0 Å². The van der Waals surface area contributed by atoms with E-state index in [4.69, 9.17) is 0 Å². The van der Waals surface area contributed by atoms with Gasteiger partial charge in [-0.3, -0.25) is 9.59 Å². The number of nitrogens with one attached hydrogen (secondary N) is 3. The summed E-state index contributed by atoms with van der Waals surface area (Å²) in [7, 11) is 0. The molecule has 0 spiro atoms. The van der Waals surface area contributed by atoms with Gasteiger partial charge in [-0.1, -0.05) is 6.92 Å². The molecule has 0 bridgehead atoms. The number of hydrogen-bond acceptors (Lipinski definition) is 3.